The third-order valence-corrected chi connectivity index (χ3v) is 3.40. The van der Waals surface area contributed by atoms with E-state index in [2.05, 4.69) is 52.0 Å². The molecule has 0 aromatic heterocycles. The van der Waals surface area contributed by atoms with Crippen LogP contribution in [-0.2, 0) is 6.42 Å². The summed E-state index contributed by atoms with van der Waals surface area (Å²) in [5, 5.41) is 9.01. The minimum Gasteiger partial charge on any atom is -0.396 e. The maximum atomic E-state index is 9.01. The molecule has 1 N–H and O–H groups in total. The van der Waals surface area contributed by atoms with Gasteiger partial charge in [-0.2, -0.15) is 0 Å². The highest BCUT2D eigenvalue weighted by Crippen LogP contribution is 2.24. The molecule has 0 aliphatic rings. The number of benzene rings is 1. The summed E-state index contributed by atoms with van der Waals surface area (Å²) in [6.07, 6.45) is 0.965. The first kappa shape index (κ1) is 13.2. The van der Waals surface area contributed by atoms with Crippen LogP contribution in [0.15, 0.2) is 24.3 Å². The second-order valence-corrected chi connectivity index (χ2v) is 5.27. The first-order valence-corrected chi connectivity index (χ1v) is 6.24. The SMILES string of the molecule is CC(CO)Cc1ccc(C(C)C(C)C)cc1. The van der Waals surface area contributed by atoms with Gasteiger partial charge < -0.3 is 5.11 Å². The van der Waals surface area contributed by atoms with Gasteiger partial charge in [0.1, 0.15) is 0 Å². The molecule has 0 radical (unpaired) electrons. The van der Waals surface area contributed by atoms with Crippen LogP contribution in [0.5, 0.6) is 0 Å². The lowest BCUT2D eigenvalue weighted by atomic mass is 9.89. The molecule has 0 aliphatic heterocycles. The van der Waals surface area contributed by atoms with Crippen LogP contribution in [0.3, 0.4) is 0 Å². The smallest absolute Gasteiger partial charge is 0.0459 e. The van der Waals surface area contributed by atoms with Crippen LogP contribution in [0.1, 0.15) is 44.7 Å². The maximum absolute atomic E-state index is 9.01. The summed E-state index contributed by atoms with van der Waals surface area (Å²) < 4.78 is 0. The summed E-state index contributed by atoms with van der Waals surface area (Å²) in [5.41, 5.74) is 2.73. The third-order valence-electron chi connectivity index (χ3n) is 3.40. The predicted molar refractivity (Wildman–Crippen MR) is 69.6 cm³/mol. The highest BCUT2D eigenvalue weighted by molar-refractivity contribution is 5.25. The molecule has 2 unspecified atom stereocenters. The zero-order valence-corrected chi connectivity index (χ0v) is 10.9. The van der Waals surface area contributed by atoms with Crippen molar-refractivity contribution in [3.8, 4) is 0 Å². The molecule has 0 amide bonds. The van der Waals surface area contributed by atoms with Gasteiger partial charge in [-0.1, -0.05) is 52.0 Å². The molecule has 1 aromatic carbocycles. The van der Waals surface area contributed by atoms with Crippen LogP contribution >= 0.6 is 0 Å². The lowest BCUT2D eigenvalue weighted by Crippen LogP contribution is -2.05. The summed E-state index contributed by atoms with van der Waals surface area (Å²) in [7, 11) is 0. The fraction of sp³-hybridized carbons (Fsp3) is 0.600. The fourth-order valence-electron chi connectivity index (χ4n) is 1.81. The molecule has 0 saturated heterocycles. The maximum Gasteiger partial charge on any atom is 0.0459 e. The fourth-order valence-corrected chi connectivity index (χ4v) is 1.81. The van der Waals surface area contributed by atoms with E-state index in [4.69, 9.17) is 5.11 Å². The first-order chi connectivity index (χ1) is 7.54. The molecule has 2 atom stereocenters. The summed E-state index contributed by atoms with van der Waals surface area (Å²) in [6, 6.07) is 8.84. The Morgan fingerprint density at radius 2 is 1.56 bits per heavy atom. The molecular formula is C15H24O. The van der Waals surface area contributed by atoms with E-state index in [9.17, 15) is 0 Å². The first-order valence-electron chi connectivity index (χ1n) is 6.24. The Morgan fingerprint density at radius 1 is 1.00 bits per heavy atom. The van der Waals surface area contributed by atoms with Gasteiger partial charge in [0.15, 0.2) is 0 Å². The van der Waals surface area contributed by atoms with E-state index < -0.39 is 0 Å². The number of aliphatic hydroxyl groups is 1. The topological polar surface area (TPSA) is 20.2 Å². The van der Waals surface area contributed by atoms with Crippen molar-refractivity contribution >= 4 is 0 Å². The zero-order valence-electron chi connectivity index (χ0n) is 10.9. The van der Waals surface area contributed by atoms with Crippen molar-refractivity contribution in [3.05, 3.63) is 35.4 Å². The minimum absolute atomic E-state index is 0.268. The molecular weight excluding hydrogens is 196 g/mol. The highest BCUT2D eigenvalue weighted by Gasteiger charge is 2.09. The molecule has 0 spiro atoms. The standard InChI is InChI=1S/C15H24O/c1-11(2)13(4)15-7-5-14(6-8-15)9-12(3)10-16/h5-8,11-13,16H,9-10H2,1-4H3. The Hall–Kier alpha value is -0.820. The van der Waals surface area contributed by atoms with Crippen molar-refractivity contribution in [2.75, 3.05) is 6.61 Å². The van der Waals surface area contributed by atoms with Crippen LogP contribution in [0, 0.1) is 11.8 Å². The van der Waals surface area contributed by atoms with Gasteiger partial charge in [0.05, 0.1) is 0 Å². The van der Waals surface area contributed by atoms with Gasteiger partial charge in [-0.15, -0.1) is 0 Å². The van der Waals surface area contributed by atoms with Gasteiger partial charge in [0, 0.05) is 6.61 Å². The van der Waals surface area contributed by atoms with Gasteiger partial charge in [-0.25, -0.2) is 0 Å². The number of aliphatic hydroxyl groups excluding tert-OH is 1. The second-order valence-electron chi connectivity index (χ2n) is 5.27. The van der Waals surface area contributed by atoms with Crippen LogP contribution in [-0.4, -0.2) is 11.7 Å². The van der Waals surface area contributed by atoms with Crippen molar-refractivity contribution in [2.45, 2.75) is 40.0 Å². The Labute approximate surface area is 99.5 Å². The van der Waals surface area contributed by atoms with E-state index >= 15 is 0 Å². The minimum atomic E-state index is 0.268. The average Bonchev–Trinajstić information content (AvgIpc) is 2.28. The molecule has 1 aromatic rings. The molecule has 0 bridgehead atoms. The van der Waals surface area contributed by atoms with E-state index in [0.717, 1.165) is 6.42 Å². The van der Waals surface area contributed by atoms with Gasteiger partial charge >= 0.3 is 0 Å². The van der Waals surface area contributed by atoms with Crippen LogP contribution in [0.4, 0.5) is 0 Å². The summed E-state index contributed by atoms with van der Waals surface area (Å²) in [5.74, 6) is 1.65. The van der Waals surface area contributed by atoms with E-state index in [1.165, 1.54) is 11.1 Å². The molecule has 90 valence electrons. The van der Waals surface area contributed by atoms with Gasteiger partial charge in [-0.05, 0) is 35.3 Å². The van der Waals surface area contributed by atoms with Crippen LogP contribution < -0.4 is 0 Å². The molecule has 1 heteroatoms. The lowest BCUT2D eigenvalue weighted by molar-refractivity contribution is 0.237. The van der Waals surface area contributed by atoms with Gasteiger partial charge in [0.25, 0.3) is 0 Å². The highest BCUT2D eigenvalue weighted by atomic mass is 16.3. The molecule has 1 rings (SSSR count). The average molecular weight is 220 g/mol. The molecule has 0 fully saturated rings. The van der Waals surface area contributed by atoms with E-state index in [1.54, 1.807) is 0 Å². The van der Waals surface area contributed by atoms with Crippen LogP contribution in [0.2, 0.25) is 0 Å². The van der Waals surface area contributed by atoms with Crippen molar-refractivity contribution in [1.82, 2.24) is 0 Å². The Bertz CT molecular complexity index is 300. The summed E-state index contributed by atoms with van der Waals surface area (Å²) in [6.45, 7) is 9.13. The number of rotatable bonds is 5. The summed E-state index contributed by atoms with van der Waals surface area (Å²) in [4.78, 5) is 0. The number of hydrogen-bond acceptors (Lipinski definition) is 1. The molecule has 0 heterocycles. The van der Waals surface area contributed by atoms with E-state index in [0.29, 0.717) is 17.8 Å². The normalized spacial score (nSPS) is 15.1. The predicted octanol–water partition coefficient (Wildman–Crippen LogP) is 3.62. The van der Waals surface area contributed by atoms with E-state index in [-0.39, 0.29) is 6.61 Å². The molecule has 16 heavy (non-hydrogen) atoms. The zero-order chi connectivity index (χ0) is 12.1. The van der Waals surface area contributed by atoms with Crippen molar-refractivity contribution in [3.63, 3.8) is 0 Å². The van der Waals surface area contributed by atoms with E-state index in [1.807, 2.05) is 0 Å². The van der Waals surface area contributed by atoms with Crippen molar-refractivity contribution < 1.29 is 5.11 Å². The van der Waals surface area contributed by atoms with Gasteiger partial charge in [-0.3, -0.25) is 0 Å². The lowest BCUT2D eigenvalue weighted by Gasteiger charge is -2.16. The third kappa shape index (κ3) is 3.64. The Balaban J connectivity index is 2.68. The molecule has 0 saturated carbocycles. The summed E-state index contributed by atoms with van der Waals surface area (Å²) >= 11 is 0. The second kappa shape index (κ2) is 6.05. The van der Waals surface area contributed by atoms with Crippen LogP contribution in [0.25, 0.3) is 0 Å². The Morgan fingerprint density at radius 3 is 2.00 bits per heavy atom. The van der Waals surface area contributed by atoms with Crippen molar-refractivity contribution in [2.24, 2.45) is 11.8 Å². The Kier molecular flexibility index (Phi) is 5.01. The number of hydrogen-bond donors (Lipinski definition) is 1. The largest absolute Gasteiger partial charge is 0.396 e. The quantitative estimate of drug-likeness (QED) is 0.803. The van der Waals surface area contributed by atoms with Crippen molar-refractivity contribution in [1.29, 1.82) is 0 Å². The molecule has 0 aliphatic carbocycles. The molecule has 1 nitrogen and oxygen atoms in total. The monoisotopic (exact) mass is 220 g/mol. The van der Waals surface area contributed by atoms with Gasteiger partial charge in [0.2, 0.25) is 0 Å².